The Labute approximate surface area is 191 Å². The maximum atomic E-state index is 13.0. The number of furan rings is 1. The summed E-state index contributed by atoms with van der Waals surface area (Å²) in [5.74, 6) is -1.31. The third-order valence-corrected chi connectivity index (χ3v) is 5.70. The fourth-order valence-corrected chi connectivity index (χ4v) is 3.90. The Hall–Kier alpha value is -3.72. The van der Waals surface area contributed by atoms with E-state index < -0.39 is 28.4 Å². The molecule has 2 aromatic rings. The number of nitro groups is 1. The lowest BCUT2D eigenvalue weighted by atomic mass is 9.95. The van der Waals surface area contributed by atoms with Crippen molar-refractivity contribution in [3.8, 4) is 0 Å². The molecule has 0 radical (unpaired) electrons. The Morgan fingerprint density at radius 1 is 1.24 bits per heavy atom. The van der Waals surface area contributed by atoms with E-state index in [1.165, 1.54) is 47.6 Å². The normalized spacial score (nSPS) is 16.4. The number of ketones is 1. The number of hydrogen-bond donors (Lipinski definition) is 1. The topological polar surface area (TPSA) is 117 Å². The van der Waals surface area contributed by atoms with Gasteiger partial charge in [-0.15, -0.1) is 0 Å². The van der Waals surface area contributed by atoms with Crippen LogP contribution in [0.4, 0.5) is 5.69 Å². The molecule has 1 N–H and O–H groups in total. The molecule has 0 aliphatic carbocycles. The maximum Gasteiger partial charge on any atom is 0.290 e. The molecule has 1 aliphatic heterocycles. The van der Waals surface area contributed by atoms with Crippen LogP contribution in [0.2, 0.25) is 0 Å². The van der Waals surface area contributed by atoms with E-state index in [1.807, 2.05) is 0 Å². The Morgan fingerprint density at radius 2 is 1.94 bits per heavy atom. The van der Waals surface area contributed by atoms with Gasteiger partial charge in [-0.3, -0.25) is 19.7 Å². The lowest BCUT2D eigenvalue weighted by Crippen LogP contribution is -2.34. The summed E-state index contributed by atoms with van der Waals surface area (Å²) >= 11 is 0. The van der Waals surface area contributed by atoms with Gasteiger partial charge in [-0.25, -0.2) is 0 Å². The average Bonchev–Trinajstić information content (AvgIpc) is 3.42. The highest BCUT2D eigenvalue weighted by Gasteiger charge is 2.42. The lowest BCUT2D eigenvalue weighted by molar-refractivity contribution is -0.384. The van der Waals surface area contributed by atoms with Crippen LogP contribution in [-0.4, -0.2) is 57.7 Å². The third-order valence-electron chi connectivity index (χ3n) is 5.70. The average molecular weight is 453 g/mol. The largest absolute Gasteiger partial charge is 0.503 e. The zero-order valence-corrected chi connectivity index (χ0v) is 18.6. The minimum atomic E-state index is -0.844. The van der Waals surface area contributed by atoms with Crippen LogP contribution in [0, 0.1) is 10.1 Å². The van der Waals surface area contributed by atoms with E-state index >= 15 is 0 Å². The van der Waals surface area contributed by atoms with E-state index in [0.29, 0.717) is 24.3 Å². The van der Waals surface area contributed by atoms with Gasteiger partial charge in [0.1, 0.15) is 5.76 Å². The summed E-state index contributed by atoms with van der Waals surface area (Å²) in [5.41, 5.74) is 0.352. The van der Waals surface area contributed by atoms with Crippen LogP contribution in [0.3, 0.4) is 0 Å². The summed E-state index contributed by atoms with van der Waals surface area (Å²) < 4.78 is 5.20. The Balaban J connectivity index is 1.92. The number of non-ortho nitro benzene ring substituents is 1. The van der Waals surface area contributed by atoms with Crippen molar-refractivity contribution in [3.05, 3.63) is 81.5 Å². The van der Waals surface area contributed by atoms with Crippen LogP contribution < -0.4 is 0 Å². The number of amides is 1. The fourth-order valence-electron chi connectivity index (χ4n) is 3.90. The third kappa shape index (κ3) is 5.38. The number of aliphatic hydroxyl groups is 1. The van der Waals surface area contributed by atoms with Crippen molar-refractivity contribution < 1.29 is 24.0 Å². The lowest BCUT2D eigenvalue weighted by Gasteiger charge is -2.27. The monoisotopic (exact) mass is 453 g/mol. The van der Waals surface area contributed by atoms with Crippen molar-refractivity contribution in [2.45, 2.75) is 26.3 Å². The van der Waals surface area contributed by atoms with Crippen molar-refractivity contribution in [2.24, 2.45) is 0 Å². The molecule has 0 bridgehead atoms. The Kier molecular flexibility index (Phi) is 7.78. The van der Waals surface area contributed by atoms with E-state index in [2.05, 4.69) is 18.7 Å². The first-order chi connectivity index (χ1) is 15.9. The highest BCUT2D eigenvalue weighted by molar-refractivity contribution is 6.14. The molecule has 1 aromatic carbocycles. The van der Waals surface area contributed by atoms with Crippen LogP contribution in [0.25, 0.3) is 6.08 Å². The minimum Gasteiger partial charge on any atom is -0.503 e. The number of carbonyl (C=O) groups excluding carboxylic acids is 2. The Bertz CT molecular complexity index is 1050. The number of nitrogens with zero attached hydrogens (tertiary/aromatic N) is 3. The molecule has 0 spiro atoms. The highest BCUT2D eigenvalue weighted by atomic mass is 16.6. The van der Waals surface area contributed by atoms with Gasteiger partial charge >= 0.3 is 0 Å². The number of carbonyl (C=O) groups is 2. The number of nitro benzene ring substituents is 1. The molecule has 0 saturated heterocycles. The van der Waals surface area contributed by atoms with E-state index in [4.69, 9.17) is 4.42 Å². The molecule has 3 rings (SSSR count). The molecule has 1 aliphatic rings. The summed E-state index contributed by atoms with van der Waals surface area (Å²) in [7, 11) is 0. The van der Waals surface area contributed by atoms with Gasteiger partial charge in [0, 0.05) is 18.7 Å². The first kappa shape index (κ1) is 23.9. The molecule has 1 atom stereocenters. The second-order valence-corrected chi connectivity index (χ2v) is 7.61. The van der Waals surface area contributed by atoms with Gasteiger partial charge < -0.3 is 19.3 Å². The number of rotatable bonds is 11. The number of hydrogen-bond acceptors (Lipinski definition) is 7. The molecule has 174 valence electrons. The molecule has 1 aromatic heterocycles. The van der Waals surface area contributed by atoms with E-state index in [9.17, 15) is 24.8 Å². The molecule has 0 fully saturated rings. The van der Waals surface area contributed by atoms with Crippen molar-refractivity contribution >= 4 is 23.5 Å². The molecular formula is C24H27N3O6. The molecule has 0 saturated carbocycles. The molecule has 33 heavy (non-hydrogen) atoms. The molecule has 9 heteroatoms. The SMILES string of the molecule is CCN(CC)CCCN1C(=O)C(O)=C(C(=O)/C=C/c2ccco2)C1c1ccc([N+](=O)[O-])cc1. The second-order valence-electron chi connectivity index (χ2n) is 7.61. The number of benzene rings is 1. The smallest absolute Gasteiger partial charge is 0.290 e. The zero-order chi connectivity index (χ0) is 24.0. The van der Waals surface area contributed by atoms with Gasteiger partial charge in [-0.2, -0.15) is 0 Å². The minimum absolute atomic E-state index is 0.0560. The second kappa shape index (κ2) is 10.7. The quantitative estimate of drug-likeness (QED) is 0.311. The summed E-state index contributed by atoms with van der Waals surface area (Å²) in [4.78, 5) is 40.2. The fraction of sp³-hybridized carbons (Fsp3) is 0.333. The number of allylic oxidation sites excluding steroid dienone is 1. The summed E-state index contributed by atoms with van der Waals surface area (Å²) in [6, 6.07) is 8.17. The zero-order valence-electron chi connectivity index (χ0n) is 18.6. The van der Waals surface area contributed by atoms with Gasteiger partial charge in [0.2, 0.25) is 0 Å². The van der Waals surface area contributed by atoms with Gasteiger partial charge in [0.05, 0.1) is 22.8 Å². The van der Waals surface area contributed by atoms with Crippen LogP contribution in [0.5, 0.6) is 0 Å². The maximum absolute atomic E-state index is 13.0. The molecule has 1 unspecified atom stereocenters. The van der Waals surface area contributed by atoms with Gasteiger partial charge in [-0.05, 0) is 68.0 Å². The Morgan fingerprint density at radius 3 is 2.52 bits per heavy atom. The van der Waals surface area contributed by atoms with Crippen LogP contribution in [0.15, 0.2) is 64.5 Å². The first-order valence-corrected chi connectivity index (χ1v) is 10.8. The number of aliphatic hydroxyl groups excluding tert-OH is 1. The van der Waals surface area contributed by atoms with Gasteiger partial charge in [0.15, 0.2) is 11.5 Å². The summed E-state index contributed by atoms with van der Waals surface area (Å²) in [5, 5.41) is 21.7. The standard InChI is InChI=1S/C24H27N3O6/c1-3-25(4-2)14-6-15-26-22(17-8-10-18(11-9-17)27(31)32)21(23(29)24(26)30)20(28)13-12-19-7-5-16-33-19/h5,7-13,16,22,29H,3-4,6,14-15H2,1-2H3/b13-12+. The molecule has 1 amide bonds. The molecule has 2 heterocycles. The van der Waals surface area contributed by atoms with Crippen molar-refractivity contribution in [3.63, 3.8) is 0 Å². The highest BCUT2D eigenvalue weighted by Crippen LogP contribution is 2.38. The van der Waals surface area contributed by atoms with E-state index in [0.717, 1.165) is 19.6 Å². The summed E-state index contributed by atoms with van der Waals surface area (Å²) in [6.45, 7) is 6.94. The van der Waals surface area contributed by atoms with E-state index in [1.54, 1.807) is 12.1 Å². The van der Waals surface area contributed by atoms with Gasteiger partial charge in [0.25, 0.3) is 11.6 Å². The molecule has 9 nitrogen and oxygen atoms in total. The van der Waals surface area contributed by atoms with Crippen molar-refractivity contribution in [2.75, 3.05) is 26.2 Å². The van der Waals surface area contributed by atoms with Crippen molar-refractivity contribution in [1.29, 1.82) is 0 Å². The predicted molar refractivity (Wildman–Crippen MR) is 122 cm³/mol. The summed E-state index contributed by atoms with van der Waals surface area (Å²) in [6.07, 6.45) is 4.82. The van der Waals surface area contributed by atoms with Gasteiger partial charge in [-0.1, -0.05) is 13.8 Å². The predicted octanol–water partition coefficient (Wildman–Crippen LogP) is 3.90. The van der Waals surface area contributed by atoms with E-state index in [-0.39, 0.29) is 11.3 Å². The molecular weight excluding hydrogens is 426 g/mol. The van der Waals surface area contributed by atoms with Crippen molar-refractivity contribution in [1.82, 2.24) is 9.80 Å². The van der Waals surface area contributed by atoms with Crippen LogP contribution in [0.1, 0.15) is 37.6 Å². The van der Waals surface area contributed by atoms with Crippen LogP contribution in [-0.2, 0) is 9.59 Å². The first-order valence-electron chi connectivity index (χ1n) is 10.8. The van der Waals surface area contributed by atoms with Crippen LogP contribution >= 0.6 is 0 Å².